The summed E-state index contributed by atoms with van der Waals surface area (Å²) in [6.45, 7) is 3.61. The van der Waals surface area contributed by atoms with Crippen LogP contribution < -0.4 is 20.3 Å². The molecule has 2 aromatic rings. The van der Waals surface area contributed by atoms with Crippen LogP contribution in [0.4, 0.5) is 5.69 Å². The van der Waals surface area contributed by atoms with Crippen molar-refractivity contribution in [2.24, 2.45) is 0 Å². The van der Waals surface area contributed by atoms with Crippen LogP contribution in [0.2, 0.25) is 0 Å². The van der Waals surface area contributed by atoms with Gasteiger partial charge >= 0.3 is 0 Å². The summed E-state index contributed by atoms with van der Waals surface area (Å²) in [5, 5.41) is 2.70. The summed E-state index contributed by atoms with van der Waals surface area (Å²) in [7, 11) is 0. The smallest absolute Gasteiger partial charge is 0.272 e. The second-order valence-electron chi connectivity index (χ2n) is 5.15. The third-order valence-corrected chi connectivity index (χ3v) is 2.93. The molecule has 1 amide bonds. The number of H-pyrrole nitrogens is 1. The van der Waals surface area contributed by atoms with Gasteiger partial charge in [0.25, 0.3) is 5.91 Å². The van der Waals surface area contributed by atoms with E-state index in [2.05, 4.69) is 10.3 Å². The second kappa shape index (κ2) is 4.66. The standard InChI is InChI=1S/C15H14N2O4/c1-15(2)20-11-7-6-9(8-12(11)21-15)16-14(19)10-4-3-5-13(18)17-10/h3-8H,1-2H3,(H,16,19)(H,17,18). The number of amides is 1. The minimum Gasteiger partial charge on any atom is -0.449 e. The van der Waals surface area contributed by atoms with E-state index in [1.54, 1.807) is 32.0 Å². The van der Waals surface area contributed by atoms with Crippen LogP contribution in [0.1, 0.15) is 24.3 Å². The average Bonchev–Trinajstić information content (AvgIpc) is 2.72. The lowest BCUT2D eigenvalue weighted by atomic mass is 10.2. The van der Waals surface area contributed by atoms with Crippen LogP contribution in [0, 0.1) is 0 Å². The fourth-order valence-electron chi connectivity index (χ4n) is 2.08. The van der Waals surface area contributed by atoms with Gasteiger partial charge in [-0.1, -0.05) is 6.07 Å². The lowest BCUT2D eigenvalue weighted by Crippen LogP contribution is -2.29. The number of pyridine rings is 1. The first-order valence-electron chi connectivity index (χ1n) is 6.46. The molecule has 3 rings (SSSR count). The van der Waals surface area contributed by atoms with Crippen molar-refractivity contribution in [2.75, 3.05) is 5.32 Å². The molecule has 0 radical (unpaired) electrons. The Morgan fingerprint density at radius 3 is 2.67 bits per heavy atom. The Morgan fingerprint density at radius 2 is 1.90 bits per heavy atom. The molecular formula is C15H14N2O4. The summed E-state index contributed by atoms with van der Waals surface area (Å²) >= 11 is 0. The number of aromatic amines is 1. The molecule has 1 aromatic heterocycles. The highest BCUT2D eigenvalue weighted by Crippen LogP contribution is 2.40. The highest BCUT2D eigenvalue weighted by molar-refractivity contribution is 6.02. The highest BCUT2D eigenvalue weighted by atomic mass is 16.7. The summed E-state index contributed by atoms with van der Waals surface area (Å²) in [6.07, 6.45) is 0. The number of nitrogens with one attached hydrogen (secondary N) is 2. The van der Waals surface area contributed by atoms with E-state index in [-0.39, 0.29) is 11.3 Å². The molecule has 0 atom stereocenters. The van der Waals surface area contributed by atoms with E-state index in [4.69, 9.17) is 9.47 Å². The van der Waals surface area contributed by atoms with E-state index in [1.165, 1.54) is 18.2 Å². The summed E-state index contributed by atoms with van der Waals surface area (Å²) in [6, 6.07) is 9.53. The topological polar surface area (TPSA) is 80.4 Å². The zero-order chi connectivity index (χ0) is 15.0. The van der Waals surface area contributed by atoms with E-state index in [1.807, 2.05) is 0 Å². The summed E-state index contributed by atoms with van der Waals surface area (Å²) in [5.74, 6) is 0.0895. The molecule has 0 unspecified atom stereocenters. The first kappa shape index (κ1) is 13.2. The molecule has 0 saturated heterocycles. The van der Waals surface area contributed by atoms with Crippen LogP contribution in [0.3, 0.4) is 0 Å². The predicted molar refractivity (Wildman–Crippen MR) is 76.8 cm³/mol. The Labute approximate surface area is 120 Å². The molecule has 108 valence electrons. The first-order chi connectivity index (χ1) is 9.93. The van der Waals surface area contributed by atoms with E-state index >= 15 is 0 Å². The first-order valence-corrected chi connectivity index (χ1v) is 6.46. The largest absolute Gasteiger partial charge is 0.449 e. The van der Waals surface area contributed by atoms with Gasteiger partial charge in [0.05, 0.1) is 0 Å². The number of benzene rings is 1. The molecule has 0 saturated carbocycles. The molecule has 0 aliphatic carbocycles. The quantitative estimate of drug-likeness (QED) is 0.886. The highest BCUT2D eigenvalue weighted by Gasteiger charge is 2.31. The zero-order valence-electron chi connectivity index (χ0n) is 11.6. The fourth-order valence-corrected chi connectivity index (χ4v) is 2.08. The lowest BCUT2D eigenvalue weighted by Gasteiger charge is -2.16. The summed E-state index contributed by atoms with van der Waals surface area (Å²) < 4.78 is 11.2. The second-order valence-corrected chi connectivity index (χ2v) is 5.15. The maximum atomic E-state index is 12.0. The van der Waals surface area contributed by atoms with E-state index in [9.17, 15) is 9.59 Å². The van der Waals surface area contributed by atoms with Gasteiger partial charge in [-0.2, -0.15) is 0 Å². The molecule has 0 bridgehead atoms. The number of hydrogen-bond donors (Lipinski definition) is 2. The van der Waals surface area contributed by atoms with Gasteiger partial charge in [0.15, 0.2) is 11.5 Å². The van der Waals surface area contributed by atoms with Crippen molar-refractivity contribution < 1.29 is 14.3 Å². The molecule has 1 aliphatic rings. The van der Waals surface area contributed by atoms with E-state index < -0.39 is 11.7 Å². The van der Waals surface area contributed by atoms with Gasteiger partial charge in [0, 0.05) is 31.7 Å². The number of rotatable bonds is 2. The van der Waals surface area contributed by atoms with Crippen LogP contribution in [0.25, 0.3) is 0 Å². The van der Waals surface area contributed by atoms with Crippen LogP contribution in [-0.2, 0) is 0 Å². The van der Waals surface area contributed by atoms with E-state index in [0.29, 0.717) is 17.2 Å². The Hall–Kier alpha value is -2.76. The number of carbonyl (C=O) groups is 1. The predicted octanol–water partition coefficient (Wildman–Crippen LogP) is 2.13. The van der Waals surface area contributed by atoms with Crippen molar-refractivity contribution in [3.05, 3.63) is 52.4 Å². The van der Waals surface area contributed by atoms with Gasteiger partial charge in [-0.3, -0.25) is 9.59 Å². The third-order valence-electron chi connectivity index (χ3n) is 2.93. The molecule has 6 heteroatoms. The molecule has 1 aromatic carbocycles. The molecule has 6 nitrogen and oxygen atoms in total. The van der Waals surface area contributed by atoms with Crippen molar-refractivity contribution in [2.45, 2.75) is 19.6 Å². The van der Waals surface area contributed by atoms with Crippen LogP contribution in [0.15, 0.2) is 41.2 Å². The van der Waals surface area contributed by atoms with E-state index in [0.717, 1.165) is 0 Å². The summed E-state index contributed by atoms with van der Waals surface area (Å²) in [4.78, 5) is 25.7. The Kier molecular flexibility index (Phi) is 2.94. The number of hydrogen-bond acceptors (Lipinski definition) is 4. The van der Waals surface area contributed by atoms with Crippen molar-refractivity contribution >= 4 is 11.6 Å². The molecule has 21 heavy (non-hydrogen) atoms. The molecule has 1 aliphatic heterocycles. The maximum Gasteiger partial charge on any atom is 0.272 e. The van der Waals surface area contributed by atoms with Gasteiger partial charge in [-0.05, 0) is 18.2 Å². The van der Waals surface area contributed by atoms with Crippen molar-refractivity contribution in [3.8, 4) is 11.5 Å². The number of aromatic nitrogens is 1. The molecule has 2 heterocycles. The monoisotopic (exact) mass is 286 g/mol. The van der Waals surface area contributed by atoms with Gasteiger partial charge in [0.1, 0.15) is 5.69 Å². The SMILES string of the molecule is CC1(C)Oc2ccc(NC(=O)c3cccc(=O)[nH]3)cc2O1. The fraction of sp³-hybridized carbons (Fsp3) is 0.200. The maximum absolute atomic E-state index is 12.0. The van der Waals surface area contributed by atoms with Crippen LogP contribution >= 0.6 is 0 Å². The average molecular weight is 286 g/mol. The van der Waals surface area contributed by atoms with Crippen molar-refractivity contribution in [3.63, 3.8) is 0 Å². The number of ether oxygens (including phenoxy) is 2. The Balaban J connectivity index is 1.81. The molecular weight excluding hydrogens is 272 g/mol. The van der Waals surface area contributed by atoms with Gasteiger partial charge in [0.2, 0.25) is 11.3 Å². The minimum atomic E-state index is -0.713. The Bertz CT molecular complexity index is 764. The number of fused-ring (bicyclic) bond motifs is 1. The van der Waals surface area contributed by atoms with Gasteiger partial charge in [-0.25, -0.2) is 0 Å². The molecule has 0 fully saturated rings. The van der Waals surface area contributed by atoms with Crippen molar-refractivity contribution in [1.29, 1.82) is 0 Å². The Morgan fingerprint density at radius 1 is 1.14 bits per heavy atom. The van der Waals surface area contributed by atoms with Crippen LogP contribution in [-0.4, -0.2) is 16.7 Å². The van der Waals surface area contributed by atoms with Crippen LogP contribution in [0.5, 0.6) is 11.5 Å². The molecule has 2 N–H and O–H groups in total. The third kappa shape index (κ3) is 2.74. The zero-order valence-corrected chi connectivity index (χ0v) is 11.6. The van der Waals surface area contributed by atoms with Gasteiger partial charge in [-0.15, -0.1) is 0 Å². The normalized spacial score (nSPS) is 14.8. The minimum absolute atomic E-state index is 0.195. The molecule has 0 spiro atoms. The lowest BCUT2D eigenvalue weighted by molar-refractivity contribution is -0.0431. The number of anilines is 1. The summed E-state index contributed by atoms with van der Waals surface area (Å²) in [5.41, 5.74) is 0.431. The van der Waals surface area contributed by atoms with Gasteiger partial charge < -0.3 is 19.8 Å². The number of carbonyl (C=O) groups excluding carboxylic acids is 1. The van der Waals surface area contributed by atoms with Crippen molar-refractivity contribution in [1.82, 2.24) is 4.98 Å².